The summed E-state index contributed by atoms with van der Waals surface area (Å²) in [7, 11) is 1.81. The first-order chi connectivity index (χ1) is 8.47. The predicted molar refractivity (Wildman–Crippen MR) is 80.2 cm³/mol. The third kappa shape index (κ3) is 2.96. The standard InChI is InChI=1S/C12H9Br2ClN2O/c1-17-6-7(13)4-11(17)12(18)16-8-2-3-9(14)10(15)5-8/h2-6H,1H3,(H,16,18). The number of carbonyl (C=O) groups excluding carboxylic acids is 1. The maximum absolute atomic E-state index is 12.0. The topological polar surface area (TPSA) is 34.0 Å². The van der Waals surface area contributed by atoms with Crippen molar-refractivity contribution in [3.8, 4) is 0 Å². The van der Waals surface area contributed by atoms with E-state index in [1.165, 1.54) is 0 Å². The molecule has 1 amide bonds. The van der Waals surface area contributed by atoms with Crippen LogP contribution in [0, 0.1) is 0 Å². The van der Waals surface area contributed by atoms with Crippen molar-refractivity contribution in [2.24, 2.45) is 7.05 Å². The number of anilines is 1. The van der Waals surface area contributed by atoms with E-state index >= 15 is 0 Å². The van der Waals surface area contributed by atoms with Crippen molar-refractivity contribution in [2.45, 2.75) is 0 Å². The van der Waals surface area contributed by atoms with Crippen molar-refractivity contribution >= 4 is 55.1 Å². The van der Waals surface area contributed by atoms with Crippen LogP contribution in [-0.4, -0.2) is 10.5 Å². The Bertz CT molecular complexity index is 610. The number of amides is 1. The average molecular weight is 392 g/mol. The largest absolute Gasteiger partial charge is 0.345 e. The number of aromatic nitrogens is 1. The minimum atomic E-state index is -0.179. The molecule has 0 saturated heterocycles. The lowest BCUT2D eigenvalue weighted by atomic mass is 10.3. The van der Waals surface area contributed by atoms with Gasteiger partial charge in [0.25, 0.3) is 5.91 Å². The summed E-state index contributed by atoms with van der Waals surface area (Å²) in [5.41, 5.74) is 1.23. The molecular formula is C12H9Br2ClN2O. The Kier molecular flexibility index (Phi) is 4.14. The molecule has 0 bridgehead atoms. The molecule has 0 aliphatic carbocycles. The van der Waals surface area contributed by atoms with E-state index in [9.17, 15) is 4.79 Å². The van der Waals surface area contributed by atoms with Crippen LogP contribution in [0.3, 0.4) is 0 Å². The molecule has 94 valence electrons. The number of aryl methyl sites for hydroxylation is 1. The van der Waals surface area contributed by atoms with E-state index in [0.717, 1.165) is 8.95 Å². The molecule has 6 heteroatoms. The van der Waals surface area contributed by atoms with Crippen molar-refractivity contribution < 1.29 is 4.79 Å². The Hall–Kier alpha value is -0.780. The van der Waals surface area contributed by atoms with Crippen molar-refractivity contribution in [1.82, 2.24) is 4.57 Å². The van der Waals surface area contributed by atoms with Gasteiger partial charge in [-0.2, -0.15) is 0 Å². The Morgan fingerprint density at radius 1 is 1.33 bits per heavy atom. The van der Waals surface area contributed by atoms with Crippen LogP contribution in [0.5, 0.6) is 0 Å². The fraction of sp³-hybridized carbons (Fsp3) is 0.0833. The van der Waals surface area contributed by atoms with Gasteiger partial charge in [0.05, 0.1) is 5.02 Å². The third-order valence-corrected chi connectivity index (χ3v) is 4.05. The highest BCUT2D eigenvalue weighted by Crippen LogP contribution is 2.26. The van der Waals surface area contributed by atoms with E-state index in [1.807, 2.05) is 13.2 Å². The average Bonchev–Trinajstić information content (AvgIpc) is 2.63. The van der Waals surface area contributed by atoms with Crippen molar-refractivity contribution in [1.29, 1.82) is 0 Å². The zero-order valence-electron chi connectivity index (χ0n) is 9.38. The van der Waals surface area contributed by atoms with Gasteiger partial charge in [0.15, 0.2) is 0 Å². The van der Waals surface area contributed by atoms with Gasteiger partial charge in [0, 0.05) is 27.9 Å². The summed E-state index contributed by atoms with van der Waals surface area (Å²) in [5, 5.41) is 3.35. The second-order valence-corrected chi connectivity index (χ2v) is 5.91. The molecule has 0 unspecified atom stereocenters. The zero-order valence-corrected chi connectivity index (χ0v) is 13.3. The van der Waals surface area contributed by atoms with E-state index in [2.05, 4.69) is 37.2 Å². The molecule has 0 radical (unpaired) electrons. The van der Waals surface area contributed by atoms with Gasteiger partial charge >= 0.3 is 0 Å². The van der Waals surface area contributed by atoms with Crippen molar-refractivity contribution in [3.63, 3.8) is 0 Å². The van der Waals surface area contributed by atoms with E-state index in [4.69, 9.17) is 11.6 Å². The molecule has 1 heterocycles. The van der Waals surface area contributed by atoms with Crippen LogP contribution in [0.15, 0.2) is 39.4 Å². The SMILES string of the molecule is Cn1cc(Br)cc1C(=O)Nc1ccc(Br)c(Cl)c1. The minimum absolute atomic E-state index is 0.179. The smallest absolute Gasteiger partial charge is 0.272 e. The Labute approximate surface area is 126 Å². The summed E-state index contributed by atoms with van der Waals surface area (Å²) in [6.45, 7) is 0. The molecular weight excluding hydrogens is 383 g/mol. The van der Waals surface area contributed by atoms with E-state index in [-0.39, 0.29) is 5.91 Å². The number of carbonyl (C=O) groups is 1. The lowest BCUT2D eigenvalue weighted by molar-refractivity contribution is 0.101. The lowest BCUT2D eigenvalue weighted by Crippen LogP contribution is -2.15. The molecule has 0 saturated carbocycles. The summed E-state index contributed by atoms with van der Waals surface area (Å²) < 4.78 is 3.41. The van der Waals surface area contributed by atoms with Crippen molar-refractivity contribution in [3.05, 3.63) is 50.1 Å². The van der Waals surface area contributed by atoms with Crippen LogP contribution in [0.2, 0.25) is 5.02 Å². The summed E-state index contributed by atoms with van der Waals surface area (Å²) in [5.74, 6) is -0.179. The second kappa shape index (κ2) is 5.47. The summed E-state index contributed by atoms with van der Waals surface area (Å²) >= 11 is 12.6. The van der Waals surface area contributed by atoms with Crippen LogP contribution in [-0.2, 0) is 7.05 Å². The normalized spacial score (nSPS) is 10.4. The van der Waals surface area contributed by atoms with E-state index in [1.54, 1.807) is 28.8 Å². The quantitative estimate of drug-likeness (QED) is 0.805. The Morgan fingerprint density at radius 3 is 2.61 bits per heavy atom. The molecule has 1 N–H and O–H groups in total. The molecule has 0 aliphatic rings. The molecule has 1 aromatic heterocycles. The minimum Gasteiger partial charge on any atom is -0.345 e. The highest BCUT2D eigenvalue weighted by atomic mass is 79.9. The van der Waals surface area contributed by atoms with Gasteiger partial charge in [-0.3, -0.25) is 4.79 Å². The molecule has 0 atom stereocenters. The fourth-order valence-corrected chi connectivity index (χ4v) is 2.47. The Balaban J connectivity index is 2.21. The first-order valence-electron chi connectivity index (χ1n) is 5.05. The number of nitrogens with one attached hydrogen (secondary N) is 1. The molecule has 0 spiro atoms. The maximum atomic E-state index is 12.0. The molecule has 2 aromatic rings. The molecule has 2 rings (SSSR count). The summed E-state index contributed by atoms with van der Waals surface area (Å²) in [4.78, 5) is 12.0. The van der Waals surface area contributed by atoms with Gasteiger partial charge in [-0.15, -0.1) is 0 Å². The number of rotatable bonds is 2. The fourth-order valence-electron chi connectivity index (χ4n) is 1.52. The van der Waals surface area contributed by atoms with E-state index < -0.39 is 0 Å². The van der Waals surface area contributed by atoms with Crippen molar-refractivity contribution in [2.75, 3.05) is 5.32 Å². The van der Waals surface area contributed by atoms with Gasteiger partial charge < -0.3 is 9.88 Å². The van der Waals surface area contributed by atoms with Crippen LogP contribution in [0.1, 0.15) is 10.5 Å². The lowest BCUT2D eigenvalue weighted by Gasteiger charge is -2.07. The molecule has 3 nitrogen and oxygen atoms in total. The second-order valence-electron chi connectivity index (χ2n) is 3.74. The number of halogens is 3. The number of nitrogens with zero attached hydrogens (tertiary/aromatic N) is 1. The Morgan fingerprint density at radius 2 is 2.06 bits per heavy atom. The first-order valence-corrected chi connectivity index (χ1v) is 7.02. The van der Waals surface area contributed by atoms with Gasteiger partial charge in [-0.1, -0.05) is 11.6 Å². The highest BCUT2D eigenvalue weighted by molar-refractivity contribution is 9.10. The third-order valence-electron chi connectivity index (χ3n) is 2.38. The van der Waals surface area contributed by atoms with Crippen LogP contribution < -0.4 is 5.32 Å². The zero-order chi connectivity index (χ0) is 13.3. The predicted octanol–water partition coefficient (Wildman–Crippen LogP) is 4.46. The number of hydrogen-bond acceptors (Lipinski definition) is 1. The maximum Gasteiger partial charge on any atom is 0.272 e. The summed E-state index contributed by atoms with van der Waals surface area (Å²) in [6, 6.07) is 7.03. The van der Waals surface area contributed by atoms with Crippen LogP contribution in [0.25, 0.3) is 0 Å². The van der Waals surface area contributed by atoms with Gasteiger partial charge in [-0.05, 0) is 56.1 Å². The molecule has 1 aromatic carbocycles. The first kappa shape index (κ1) is 13.6. The van der Waals surface area contributed by atoms with Gasteiger partial charge in [-0.25, -0.2) is 0 Å². The molecule has 18 heavy (non-hydrogen) atoms. The number of benzene rings is 1. The highest BCUT2D eigenvalue weighted by Gasteiger charge is 2.11. The van der Waals surface area contributed by atoms with Crippen LogP contribution in [0.4, 0.5) is 5.69 Å². The monoisotopic (exact) mass is 390 g/mol. The molecule has 0 fully saturated rings. The number of hydrogen-bond donors (Lipinski definition) is 1. The molecule has 0 aliphatic heterocycles. The van der Waals surface area contributed by atoms with Gasteiger partial charge in [0.2, 0.25) is 0 Å². The van der Waals surface area contributed by atoms with Crippen LogP contribution >= 0.6 is 43.5 Å². The van der Waals surface area contributed by atoms with E-state index in [0.29, 0.717) is 16.4 Å². The summed E-state index contributed by atoms with van der Waals surface area (Å²) in [6.07, 6.45) is 1.82. The van der Waals surface area contributed by atoms with Gasteiger partial charge in [0.1, 0.15) is 5.69 Å².